The van der Waals surface area contributed by atoms with Gasteiger partial charge in [-0.3, -0.25) is 14.5 Å². The molecule has 8 nitrogen and oxygen atoms in total. The van der Waals surface area contributed by atoms with Crippen LogP contribution in [-0.4, -0.2) is 94.7 Å². The van der Waals surface area contributed by atoms with Crippen LogP contribution in [-0.2, 0) is 28.6 Å². The molecule has 1 aliphatic rings. The number of hydrogen-bond acceptors (Lipinski definition) is 8. The monoisotopic (exact) mass is 851 g/mol. The first-order chi connectivity index (χ1) is 29.3. The smallest absolute Gasteiger partial charge is 0.305 e. The van der Waals surface area contributed by atoms with Crippen LogP contribution in [0.15, 0.2) is 0 Å². The van der Waals surface area contributed by atoms with E-state index in [0.717, 1.165) is 109 Å². The Morgan fingerprint density at radius 3 is 1.22 bits per heavy atom. The molecule has 0 amide bonds. The van der Waals surface area contributed by atoms with Gasteiger partial charge in [0.2, 0.25) is 0 Å². The fourth-order valence-electron chi connectivity index (χ4n) is 8.41. The van der Waals surface area contributed by atoms with Crippen molar-refractivity contribution in [2.45, 2.75) is 233 Å². The SMILES string of the molecule is CCCCCC(CCCCC)CCOC(=O)CCCCCCCC(C=O)CCCCCCCC(=O)OCCC(CCCCC)CCCCC.COCCN1CCN(C)CC1. The Hall–Kier alpha value is -1.51. The van der Waals surface area contributed by atoms with E-state index in [4.69, 9.17) is 14.2 Å². The molecule has 1 rings (SSSR count). The van der Waals surface area contributed by atoms with E-state index in [1.165, 1.54) is 129 Å². The van der Waals surface area contributed by atoms with Crippen LogP contribution in [0.5, 0.6) is 0 Å². The summed E-state index contributed by atoms with van der Waals surface area (Å²) in [6.45, 7) is 16.9. The van der Waals surface area contributed by atoms with Gasteiger partial charge in [0.1, 0.15) is 6.29 Å². The molecule has 0 radical (unpaired) electrons. The average molecular weight is 851 g/mol. The highest BCUT2D eigenvalue weighted by atomic mass is 16.5. The molecule has 8 heteroatoms. The third kappa shape index (κ3) is 39.3. The fourth-order valence-corrected chi connectivity index (χ4v) is 8.41. The van der Waals surface area contributed by atoms with Gasteiger partial charge >= 0.3 is 11.9 Å². The van der Waals surface area contributed by atoms with Crippen molar-refractivity contribution in [3.05, 3.63) is 0 Å². The van der Waals surface area contributed by atoms with E-state index >= 15 is 0 Å². The van der Waals surface area contributed by atoms with E-state index in [9.17, 15) is 14.4 Å². The van der Waals surface area contributed by atoms with Crippen molar-refractivity contribution in [3.8, 4) is 0 Å². The molecule has 0 bridgehead atoms. The number of unbranched alkanes of at least 4 members (excludes halogenated alkanes) is 16. The van der Waals surface area contributed by atoms with E-state index in [0.29, 0.717) is 37.9 Å². The van der Waals surface area contributed by atoms with Gasteiger partial charge in [-0.15, -0.1) is 0 Å². The summed E-state index contributed by atoms with van der Waals surface area (Å²) in [6.07, 6.45) is 37.4. The van der Waals surface area contributed by atoms with Crippen molar-refractivity contribution in [2.75, 3.05) is 66.7 Å². The van der Waals surface area contributed by atoms with Gasteiger partial charge in [0.25, 0.3) is 0 Å². The number of nitrogens with zero attached hydrogens (tertiary/aromatic N) is 2. The lowest BCUT2D eigenvalue weighted by atomic mass is 9.92. The van der Waals surface area contributed by atoms with Crippen LogP contribution >= 0.6 is 0 Å². The minimum atomic E-state index is -0.0310. The van der Waals surface area contributed by atoms with Gasteiger partial charge in [0, 0.05) is 58.6 Å². The minimum Gasteiger partial charge on any atom is -0.466 e. The van der Waals surface area contributed by atoms with Gasteiger partial charge < -0.3 is 23.9 Å². The summed E-state index contributed by atoms with van der Waals surface area (Å²) in [4.78, 5) is 40.9. The normalized spacial score (nSPS) is 13.6. The van der Waals surface area contributed by atoms with Crippen molar-refractivity contribution < 1.29 is 28.6 Å². The lowest BCUT2D eigenvalue weighted by Crippen LogP contribution is -2.45. The maximum Gasteiger partial charge on any atom is 0.305 e. The maximum absolute atomic E-state index is 12.2. The highest BCUT2D eigenvalue weighted by Gasteiger charge is 2.14. The lowest BCUT2D eigenvalue weighted by molar-refractivity contribution is -0.145. The molecule has 1 aliphatic heterocycles. The van der Waals surface area contributed by atoms with E-state index in [-0.39, 0.29) is 17.9 Å². The Kier molecular flexibility index (Phi) is 44.4. The van der Waals surface area contributed by atoms with E-state index < -0.39 is 0 Å². The average Bonchev–Trinajstić information content (AvgIpc) is 3.25. The van der Waals surface area contributed by atoms with Crippen molar-refractivity contribution in [2.24, 2.45) is 17.8 Å². The van der Waals surface area contributed by atoms with E-state index in [2.05, 4.69) is 44.5 Å². The number of likely N-dealkylation sites (N-methyl/N-ethyl adjacent to an activating group) is 1. The second-order valence-electron chi connectivity index (χ2n) is 18.4. The minimum absolute atomic E-state index is 0.0310. The summed E-state index contributed by atoms with van der Waals surface area (Å²) in [5, 5.41) is 0. The van der Waals surface area contributed by atoms with Crippen LogP contribution in [0.4, 0.5) is 0 Å². The van der Waals surface area contributed by atoms with Gasteiger partial charge in [-0.1, -0.05) is 182 Å². The molecular weight excluding hydrogens is 749 g/mol. The van der Waals surface area contributed by atoms with Crippen molar-refractivity contribution in [3.63, 3.8) is 0 Å². The maximum atomic E-state index is 12.2. The number of rotatable bonds is 42. The summed E-state index contributed by atoms with van der Waals surface area (Å²) in [5.41, 5.74) is 0. The Balaban J connectivity index is 0.00000271. The van der Waals surface area contributed by atoms with Crippen molar-refractivity contribution >= 4 is 18.2 Å². The molecule has 1 heterocycles. The third-order valence-electron chi connectivity index (χ3n) is 12.8. The first kappa shape index (κ1) is 58.5. The number of ether oxygens (including phenoxy) is 3. The zero-order valence-electron chi connectivity index (χ0n) is 40.9. The van der Waals surface area contributed by atoms with Crippen LogP contribution in [0, 0.1) is 17.8 Å². The summed E-state index contributed by atoms with van der Waals surface area (Å²) < 4.78 is 16.2. The zero-order valence-corrected chi connectivity index (χ0v) is 40.9. The van der Waals surface area contributed by atoms with Gasteiger partial charge in [-0.05, 0) is 57.4 Å². The number of esters is 2. The predicted octanol–water partition coefficient (Wildman–Crippen LogP) is 13.6. The van der Waals surface area contributed by atoms with Gasteiger partial charge in [0.15, 0.2) is 0 Å². The van der Waals surface area contributed by atoms with Crippen LogP contribution in [0.2, 0.25) is 0 Å². The lowest BCUT2D eigenvalue weighted by Gasteiger charge is -2.31. The number of carbonyl (C=O) groups excluding carboxylic acids is 3. The first-order valence-electron chi connectivity index (χ1n) is 26.0. The molecule has 0 aromatic rings. The number of carbonyl (C=O) groups is 3. The molecule has 1 fully saturated rings. The Bertz CT molecular complexity index is 847. The standard InChI is InChI=1S/C44H84O5.C8H18N2O/c1-5-9-19-27-40(28-20-10-6-2)35-37-48-43(46)33-25-17-13-15-23-31-42(39-45)32-24-16-14-18-26-34-44(47)49-38-36-41(29-21-11-7-3)30-22-12-8-4;1-9-3-5-10(6-4-9)7-8-11-2/h39-42H,5-38H2,1-4H3;3-8H2,1-2H3. The largest absolute Gasteiger partial charge is 0.466 e. The molecule has 0 spiro atoms. The summed E-state index contributed by atoms with van der Waals surface area (Å²) >= 11 is 0. The highest BCUT2D eigenvalue weighted by molar-refractivity contribution is 5.69. The topological polar surface area (TPSA) is 85.4 Å². The van der Waals surface area contributed by atoms with Gasteiger partial charge in [0.05, 0.1) is 19.8 Å². The Labute approximate surface area is 373 Å². The second-order valence-corrected chi connectivity index (χ2v) is 18.4. The van der Waals surface area contributed by atoms with Crippen molar-refractivity contribution in [1.82, 2.24) is 9.80 Å². The highest BCUT2D eigenvalue weighted by Crippen LogP contribution is 2.23. The third-order valence-corrected chi connectivity index (χ3v) is 12.8. The molecule has 0 aromatic heterocycles. The Morgan fingerprint density at radius 1 is 0.483 bits per heavy atom. The molecule has 0 unspecified atom stereocenters. The first-order valence-corrected chi connectivity index (χ1v) is 26.0. The molecule has 356 valence electrons. The second kappa shape index (κ2) is 45.5. The van der Waals surface area contributed by atoms with Crippen LogP contribution in [0.25, 0.3) is 0 Å². The number of methoxy groups -OCH3 is 1. The molecule has 60 heavy (non-hydrogen) atoms. The molecule has 1 saturated heterocycles. The molecule has 0 saturated carbocycles. The predicted molar refractivity (Wildman–Crippen MR) is 255 cm³/mol. The van der Waals surface area contributed by atoms with E-state index in [1.54, 1.807) is 7.11 Å². The van der Waals surface area contributed by atoms with Gasteiger partial charge in [-0.25, -0.2) is 0 Å². The molecule has 0 N–H and O–H groups in total. The number of hydrogen-bond donors (Lipinski definition) is 0. The van der Waals surface area contributed by atoms with Crippen LogP contribution in [0.3, 0.4) is 0 Å². The van der Waals surface area contributed by atoms with E-state index in [1.807, 2.05) is 0 Å². The molecule has 0 aromatic carbocycles. The van der Waals surface area contributed by atoms with Gasteiger partial charge in [-0.2, -0.15) is 0 Å². The number of aldehydes is 1. The fraction of sp³-hybridized carbons (Fsp3) is 0.942. The van der Waals surface area contributed by atoms with Crippen LogP contribution in [0.1, 0.15) is 233 Å². The summed E-state index contributed by atoms with van der Waals surface area (Å²) in [6, 6.07) is 0. The quantitative estimate of drug-likeness (QED) is 0.0341. The van der Waals surface area contributed by atoms with Crippen LogP contribution < -0.4 is 0 Å². The number of piperazine rings is 1. The molecular formula is C52H102N2O6. The summed E-state index contributed by atoms with van der Waals surface area (Å²) in [5.74, 6) is 1.52. The Morgan fingerprint density at radius 2 is 0.850 bits per heavy atom. The molecule has 0 atom stereocenters. The molecule has 0 aliphatic carbocycles. The van der Waals surface area contributed by atoms with Crippen molar-refractivity contribution in [1.29, 1.82) is 0 Å². The summed E-state index contributed by atoms with van der Waals surface area (Å²) in [7, 11) is 3.93. The zero-order chi connectivity index (χ0) is 44.2.